The topological polar surface area (TPSA) is 204 Å². The number of carbonyl (C=O) groups excluding carboxylic acids is 3. The fourth-order valence-corrected chi connectivity index (χ4v) is 2.74. The van der Waals surface area contributed by atoms with Gasteiger partial charge in [0.2, 0.25) is 5.91 Å². The molecule has 160 valence electrons. The van der Waals surface area contributed by atoms with Crippen molar-refractivity contribution in [3.63, 3.8) is 0 Å². The van der Waals surface area contributed by atoms with E-state index in [-0.39, 0.29) is 0 Å². The van der Waals surface area contributed by atoms with Crippen LogP contribution < -0.4 is 16.0 Å². The lowest BCUT2D eigenvalue weighted by atomic mass is 9.88. The van der Waals surface area contributed by atoms with Gasteiger partial charge in [-0.05, 0) is 0 Å². The lowest BCUT2D eigenvalue weighted by Crippen LogP contribution is -2.68. The third-order valence-corrected chi connectivity index (χ3v) is 4.23. The van der Waals surface area contributed by atoms with Crippen LogP contribution in [0.5, 0.6) is 0 Å². The van der Waals surface area contributed by atoms with Crippen LogP contribution in [0.1, 0.15) is 13.3 Å². The second-order valence-corrected chi connectivity index (χ2v) is 6.19. The van der Waals surface area contributed by atoms with Crippen LogP contribution in [0.3, 0.4) is 0 Å². The molecule has 6 atom stereocenters. The summed E-state index contributed by atoms with van der Waals surface area (Å²) in [5, 5.41) is 46.7. The van der Waals surface area contributed by atoms with Crippen molar-refractivity contribution in [2.75, 3.05) is 20.7 Å². The van der Waals surface area contributed by atoms with Crippen molar-refractivity contribution in [1.29, 1.82) is 0 Å². The zero-order valence-electron chi connectivity index (χ0n) is 15.5. The molecule has 1 aliphatic rings. The summed E-state index contributed by atoms with van der Waals surface area (Å²) >= 11 is 0. The van der Waals surface area contributed by atoms with Gasteiger partial charge in [0.15, 0.2) is 0 Å². The summed E-state index contributed by atoms with van der Waals surface area (Å²) in [6.07, 6.45) is -7.28. The van der Waals surface area contributed by atoms with Gasteiger partial charge in [0.05, 0.1) is 18.2 Å². The van der Waals surface area contributed by atoms with Crippen molar-refractivity contribution in [3.05, 3.63) is 0 Å². The molecule has 1 rings (SSSR count). The highest BCUT2D eigenvalue weighted by Crippen LogP contribution is 2.32. The van der Waals surface area contributed by atoms with Crippen LogP contribution >= 0.6 is 0 Å². The molecule has 3 amide bonds. The van der Waals surface area contributed by atoms with E-state index in [2.05, 4.69) is 16.0 Å². The van der Waals surface area contributed by atoms with Crippen LogP contribution in [0, 0.1) is 0 Å². The number of rotatable bonds is 7. The predicted octanol–water partition coefficient (Wildman–Crippen LogP) is -4.35. The average molecular weight is 407 g/mol. The third-order valence-electron chi connectivity index (χ3n) is 4.23. The second-order valence-electron chi connectivity index (χ2n) is 6.19. The van der Waals surface area contributed by atoms with Crippen LogP contribution in [0.25, 0.3) is 0 Å². The number of aliphatic hydroxyl groups is 3. The summed E-state index contributed by atoms with van der Waals surface area (Å²) in [5.41, 5.74) is 0. The minimum Gasteiger partial charge on any atom is -0.477 e. The van der Waals surface area contributed by atoms with Gasteiger partial charge >= 0.3 is 17.8 Å². The first-order valence-electron chi connectivity index (χ1n) is 8.26. The quantitative estimate of drug-likeness (QED) is 0.202. The summed E-state index contributed by atoms with van der Waals surface area (Å²) < 4.78 is 10.2. The molecule has 0 aromatic heterocycles. The van der Waals surface area contributed by atoms with E-state index in [0.717, 1.165) is 14.0 Å². The molecule has 0 aromatic carbocycles. The molecule has 28 heavy (non-hydrogen) atoms. The maximum absolute atomic E-state index is 11.5. The number of carboxylic acids is 1. The number of aliphatic carboxylic acids is 1. The number of nitrogens with one attached hydrogen (secondary N) is 3. The van der Waals surface area contributed by atoms with Gasteiger partial charge in [0.1, 0.15) is 12.2 Å². The van der Waals surface area contributed by atoms with Crippen molar-refractivity contribution in [2.24, 2.45) is 0 Å². The van der Waals surface area contributed by atoms with Gasteiger partial charge in [-0.1, -0.05) is 0 Å². The standard InChI is InChI=1S/C15H25N3O10/c1-6(19)18-9-7(20)4-15(27-3,14(25)26)28-11(9)10(22)8(21)5-17-13(24)12(23)16-2/h7-11,20-22H,4-5H2,1-3H3,(H,16,23)(H,17,24)(H,18,19)(H,25,26)/t7-,8+,9+,10+,11+,15+/m0/s1. The first-order valence-corrected chi connectivity index (χ1v) is 8.26. The molecule has 1 heterocycles. The first kappa shape index (κ1) is 23.7. The van der Waals surface area contributed by atoms with Crippen molar-refractivity contribution < 1.29 is 49.1 Å². The molecule has 1 fully saturated rings. The molecular weight excluding hydrogens is 382 g/mol. The Bertz CT molecular complexity index is 615. The van der Waals surface area contributed by atoms with Crippen molar-refractivity contribution >= 4 is 23.7 Å². The molecule has 13 nitrogen and oxygen atoms in total. The first-order chi connectivity index (χ1) is 13.0. The van der Waals surface area contributed by atoms with Crippen LogP contribution in [0.4, 0.5) is 0 Å². The number of aliphatic hydroxyl groups excluding tert-OH is 3. The zero-order valence-corrected chi connectivity index (χ0v) is 15.5. The Morgan fingerprint density at radius 1 is 1.25 bits per heavy atom. The van der Waals surface area contributed by atoms with Crippen molar-refractivity contribution in [2.45, 2.75) is 49.6 Å². The Kier molecular flexibility index (Phi) is 8.26. The van der Waals surface area contributed by atoms with Gasteiger partial charge in [-0.2, -0.15) is 0 Å². The van der Waals surface area contributed by atoms with E-state index in [1.807, 2.05) is 0 Å². The summed E-state index contributed by atoms with van der Waals surface area (Å²) in [4.78, 5) is 45.6. The molecule has 13 heteroatoms. The highest BCUT2D eigenvalue weighted by molar-refractivity contribution is 6.35. The van der Waals surface area contributed by atoms with Gasteiger partial charge < -0.3 is 45.9 Å². The number of carboxylic acid groups (broad SMARTS) is 1. The molecule has 0 unspecified atom stereocenters. The van der Waals surface area contributed by atoms with Crippen LogP contribution in [-0.2, 0) is 28.7 Å². The van der Waals surface area contributed by atoms with E-state index in [0.29, 0.717) is 0 Å². The molecule has 1 saturated heterocycles. The number of hydrogen-bond donors (Lipinski definition) is 7. The second kappa shape index (κ2) is 9.75. The molecule has 0 radical (unpaired) electrons. The lowest BCUT2D eigenvalue weighted by Gasteiger charge is -2.46. The van der Waals surface area contributed by atoms with E-state index in [9.17, 15) is 39.6 Å². The minimum absolute atomic E-state index is 0.559. The number of amides is 3. The molecule has 0 bridgehead atoms. The number of carbonyl (C=O) groups is 4. The summed E-state index contributed by atoms with van der Waals surface area (Å²) in [6.45, 7) is 0.536. The van der Waals surface area contributed by atoms with E-state index in [1.54, 1.807) is 0 Å². The Hall–Kier alpha value is -2.32. The Labute approximate surface area is 160 Å². The zero-order chi connectivity index (χ0) is 21.6. The fraction of sp³-hybridized carbons (Fsp3) is 0.733. The van der Waals surface area contributed by atoms with Crippen LogP contribution in [0.2, 0.25) is 0 Å². The highest BCUT2D eigenvalue weighted by atomic mass is 16.7. The molecule has 7 N–H and O–H groups in total. The van der Waals surface area contributed by atoms with E-state index in [4.69, 9.17) is 9.47 Å². The maximum Gasteiger partial charge on any atom is 0.364 e. The monoisotopic (exact) mass is 407 g/mol. The van der Waals surface area contributed by atoms with Gasteiger partial charge in [-0.25, -0.2) is 4.79 Å². The average Bonchev–Trinajstić information content (AvgIpc) is 2.65. The van der Waals surface area contributed by atoms with Crippen molar-refractivity contribution in [3.8, 4) is 0 Å². The van der Waals surface area contributed by atoms with Gasteiger partial charge in [0.25, 0.3) is 5.79 Å². The number of hydrogen-bond acceptors (Lipinski definition) is 9. The molecule has 0 aromatic rings. The molecule has 0 saturated carbocycles. The lowest BCUT2D eigenvalue weighted by molar-refractivity contribution is -0.303. The summed E-state index contributed by atoms with van der Waals surface area (Å²) in [5.74, 6) is -6.58. The number of ether oxygens (including phenoxy) is 2. The van der Waals surface area contributed by atoms with E-state index < -0.39 is 72.9 Å². The van der Waals surface area contributed by atoms with Crippen LogP contribution in [0.15, 0.2) is 0 Å². The van der Waals surface area contributed by atoms with Gasteiger partial charge in [-0.3, -0.25) is 14.4 Å². The fourth-order valence-electron chi connectivity index (χ4n) is 2.74. The summed E-state index contributed by atoms with van der Waals surface area (Å²) in [6, 6.07) is -1.28. The largest absolute Gasteiger partial charge is 0.477 e. The molecule has 0 aliphatic carbocycles. The van der Waals surface area contributed by atoms with Crippen LogP contribution in [-0.4, -0.2) is 101 Å². The molecular formula is C15H25N3O10. The Morgan fingerprint density at radius 2 is 1.86 bits per heavy atom. The van der Waals surface area contributed by atoms with E-state index in [1.165, 1.54) is 7.05 Å². The van der Waals surface area contributed by atoms with E-state index >= 15 is 0 Å². The molecule has 1 aliphatic heterocycles. The highest BCUT2D eigenvalue weighted by Gasteiger charge is 2.55. The Balaban J connectivity index is 3.02. The number of methoxy groups -OCH3 is 1. The predicted molar refractivity (Wildman–Crippen MR) is 89.6 cm³/mol. The van der Waals surface area contributed by atoms with Gasteiger partial charge in [-0.15, -0.1) is 0 Å². The van der Waals surface area contributed by atoms with Crippen molar-refractivity contribution in [1.82, 2.24) is 16.0 Å². The minimum atomic E-state index is -2.33. The third kappa shape index (κ3) is 5.36. The Morgan fingerprint density at radius 3 is 2.32 bits per heavy atom. The summed E-state index contributed by atoms with van der Waals surface area (Å²) in [7, 11) is 2.24. The SMILES string of the molecule is CNC(=O)C(=O)NC[C@@H](O)[C@@H](O)[C@@H]1O[C@@](OC)(C(=O)O)C[C@H](O)[C@H]1NC(C)=O. The van der Waals surface area contributed by atoms with Gasteiger partial charge in [0, 0.05) is 34.0 Å². The maximum atomic E-state index is 11.5. The number of likely N-dealkylation sites (N-methyl/N-ethyl adjacent to an activating group) is 1. The smallest absolute Gasteiger partial charge is 0.364 e. The normalized spacial score (nSPS) is 29.3. The molecule has 0 spiro atoms.